The summed E-state index contributed by atoms with van der Waals surface area (Å²) in [6.07, 6.45) is 0. The van der Waals surface area contributed by atoms with E-state index >= 15 is 0 Å². The van der Waals surface area contributed by atoms with E-state index < -0.39 is 0 Å². The number of ether oxygens (including phenoxy) is 1. The molecule has 0 amide bonds. The first kappa shape index (κ1) is 11.4. The molecule has 0 aliphatic rings. The molecule has 0 atom stereocenters. The quantitative estimate of drug-likeness (QED) is 0.727. The molecule has 0 radical (unpaired) electrons. The van der Waals surface area contributed by atoms with Crippen molar-refractivity contribution in [2.24, 2.45) is 0 Å². The zero-order valence-electron chi connectivity index (χ0n) is 9.34. The zero-order chi connectivity index (χ0) is 12.4. The Balaban J connectivity index is 1.81. The summed E-state index contributed by atoms with van der Waals surface area (Å²) in [6.45, 7) is 0.341. The lowest BCUT2D eigenvalue weighted by Crippen LogP contribution is -1.96. The Morgan fingerprint density at radius 2 is 1.94 bits per heavy atom. The number of hydrogen-bond donors (Lipinski definition) is 0. The molecular weight excluding hydrogens is 268 g/mol. The van der Waals surface area contributed by atoms with Gasteiger partial charge in [-0.2, -0.15) is 0 Å². The number of nitrogens with zero attached hydrogens (tertiary/aromatic N) is 2. The van der Waals surface area contributed by atoms with E-state index in [0.717, 1.165) is 11.1 Å². The Morgan fingerprint density at radius 1 is 1.11 bits per heavy atom. The predicted octanol–water partition coefficient (Wildman–Crippen LogP) is 3.92. The topological polar surface area (TPSA) is 35.0 Å². The molecule has 0 unspecified atom stereocenters. The summed E-state index contributed by atoms with van der Waals surface area (Å²) in [5, 5.41) is 6.25. The van der Waals surface area contributed by atoms with Crippen molar-refractivity contribution in [3.05, 3.63) is 52.5 Å². The van der Waals surface area contributed by atoms with Crippen LogP contribution in [0.25, 0.3) is 10.8 Å². The minimum absolute atomic E-state index is 0.341. The van der Waals surface area contributed by atoms with Crippen molar-refractivity contribution in [2.45, 2.75) is 6.61 Å². The molecule has 5 heteroatoms. The summed E-state index contributed by atoms with van der Waals surface area (Å²) in [5.41, 5.74) is 0.676. The Hall–Kier alpha value is -1.65. The molecule has 0 aliphatic heterocycles. The first-order valence-corrected chi connectivity index (χ1v) is 6.56. The number of aromatic nitrogens is 2. The van der Waals surface area contributed by atoms with Crippen molar-refractivity contribution < 1.29 is 4.74 Å². The molecule has 1 heterocycles. The molecule has 0 aliphatic carbocycles. The van der Waals surface area contributed by atoms with E-state index in [1.165, 1.54) is 16.9 Å². The second-order valence-corrected chi connectivity index (χ2v) is 5.15. The van der Waals surface area contributed by atoms with Crippen molar-refractivity contribution in [1.29, 1.82) is 0 Å². The van der Waals surface area contributed by atoms with Gasteiger partial charge in [0.15, 0.2) is 0 Å². The lowest BCUT2D eigenvalue weighted by Gasteiger charge is -2.05. The molecule has 1 aromatic heterocycles. The third-order valence-electron chi connectivity index (χ3n) is 2.61. The smallest absolute Gasteiger partial charge is 0.141 e. The normalized spacial score (nSPS) is 10.7. The van der Waals surface area contributed by atoms with E-state index in [9.17, 15) is 0 Å². The van der Waals surface area contributed by atoms with Crippen LogP contribution < -0.4 is 4.74 Å². The molecule has 3 aromatic rings. The molecule has 90 valence electrons. The molecule has 0 saturated heterocycles. The Labute approximate surface area is 113 Å². The highest BCUT2D eigenvalue weighted by atomic mass is 35.5. The van der Waals surface area contributed by atoms with E-state index in [1.807, 2.05) is 30.3 Å². The van der Waals surface area contributed by atoms with Gasteiger partial charge in [-0.15, -0.1) is 5.10 Å². The van der Waals surface area contributed by atoms with Gasteiger partial charge in [-0.3, -0.25) is 0 Å². The van der Waals surface area contributed by atoms with Crippen LogP contribution >= 0.6 is 23.1 Å². The van der Waals surface area contributed by atoms with Crippen molar-refractivity contribution in [3.63, 3.8) is 0 Å². The first-order chi connectivity index (χ1) is 8.83. The molecule has 2 aromatic carbocycles. The Bertz CT molecular complexity index is 683. The first-order valence-electron chi connectivity index (χ1n) is 5.41. The van der Waals surface area contributed by atoms with E-state index in [4.69, 9.17) is 16.3 Å². The molecule has 3 rings (SSSR count). The highest BCUT2D eigenvalue weighted by molar-refractivity contribution is 7.10. The number of hydrogen-bond acceptors (Lipinski definition) is 4. The average Bonchev–Trinajstić information content (AvgIpc) is 2.82. The van der Waals surface area contributed by atoms with Crippen molar-refractivity contribution in [1.82, 2.24) is 9.59 Å². The second-order valence-electron chi connectivity index (χ2n) is 3.79. The fourth-order valence-electron chi connectivity index (χ4n) is 1.69. The predicted molar refractivity (Wildman–Crippen MR) is 73.2 cm³/mol. The van der Waals surface area contributed by atoms with E-state index in [1.54, 1.807) is 0 Å². The van der Waals surface area contributed by atoms with Crippen molar-refractivity contribution in [3.8, 4) is 5.75 Å². The standard InChI is InChI=1S/C13H9ClN2OS/c14-13-12(15-16-18-13)8-17-11-6-5-9-3-1-2-4-10(9)7-11/h1-7H,8H2. The number of benzene rings is 2. The molecule has 0 N–H and O–H groups in total. The summed E-state index contributed by atoms with van der Waals surface area (Å²) >= 11 is 7.08. The maximum absolute atomic E-state index is 5.91. The third-order valence-corrected chi connectivity index (χ3v) is 3.59. The molecule has 3 nitrogen and oxygen atoms in total. The average molecular weight is 277 g/mol. The van der Waals surface area contributed by atoms with Gasteiger partial charge in [-0.25, -0.2) is 0 Å². The lowest BCUT2D eigenvalue weighted by atomic mass is 10.1. The van der Waals surface area contributed by atoms with Crippen LogP contribution in [0, 0.1) is 0 Å². The maximum atomic E-state index is 5.91. The third kappa shape index (κ3) is 2.30. The number of fused-ring (bicyclic) bond motifs is 1. The molecule has 18 heavy (non-hydrogen) atoms. The van der Waals surface area contributed by atoms with Crippen LogP contribution in [0.5, 0.6) is 5.75 Å². The fraction of sp³-hybridized carbons (Fsp3) is 0.0769. The highest BCUT2D eigenvalue weighted by Gasteiger charge is 2.06. The molecule has 0 spiro atoms. The second kappa shape index (κ2) is 4.92. The van der Waals surface area contributed by atoms with Crippen LogP contribution in [0.1, 0.15) is 5.69 Å². The molecule has 0 saturated carbocycles. The molecule has 0 bridgehead atoms. The number of rotatable bonds is 3. The van der Waals surface area contributed by atoms with E-state index in [-0.39, 0.29) is 0 Å². The van der Waals surface area contributed by atoms with Crippen LogP contribution in [0.3, 0.4) is 0 Å². The van der Waals surface area contributed by atoms with Gasteiger partial charge in [0.1, 0.15) is 22.4 Å². The van der Waals surface area contributed by atoms with Gasteiger partial charge in [0.2, 0.25) is 0 Å². The van der Waals surface area contributed by atoms with Gasteiger partial charge in [0, 0.05) is 11.5 Å². The summed E-state index contributed by atoms with van der Waals surface area (Å²) in [6, 6.07) is 14.1. The Kier molecular flexibility index (Phi) is 3.13. The van der Waals surface area contributed by atoms with Gasteiger partial charge >= 0.3 is 0 Å². The molecular formula is C13H9ClN2OS. The summed E-state index contributed by atoms with van der Waals surface area (Å²) in [4.78, 5) is 0. The lowest BCUT2D eigenvalue weighted by molar-refractivity contribution is 0.301. The van der Waals surface area contributed by atoms with Gasteiger partial charge in [-0.05, 0) is 22.9 Å². The summed E-state index contributed by atoms with van der Waals surface area (Å²) < 4.78 is 10.0. The van der Waals surface area contributed by atoms with Crippen molar-refractivity contribution >= 4 is 33.9 Å². The fourth-order valence-corrected chi connectivity index (χ4v) is 2.29. The van der Waals surface area contributed by atoms with Gasteiger partial charge in [0.05, 0.1) is 0 Å². The van der Waals surface area contributed by atoms with E-state index in [0.29, 0.717) is 16.6 Å². The van der Waals surface area contributed by atoms with Crippen LogP contribution in [0.2, 0.25) is 4.34 Å². The monoisotopic (exact) mass is 276 g/mol. The van der Waals surface area contributed by atoms with Gasteiger partial charge in [-0.1, -0.05) is 46.4 Å². The minimum Gasteiger partial charge on any atom is -0.487 e. The van der Waals surface area contributed by atoms with Crippen LogP contribution in [0.4, 0.5) is 0 Å². The highest BCUT2D eigenvalue weighted by Crippen LogP contribution is 2.23. The van der Waals surface area contributed by atoms with Gasteiger partial charge in [0.25, 0.3) is 0 Å². The SMILES string of the molecule is Clc1snnc1COc1ccc2ccccc2c1. The molecule has 0 fully saturated rings. The van der Waals surface area contributed by atoms with E-state index in [2.05, 4.69) is 21.7 Å². The summed E-state index contributed by atoms with van der Waals surface area (Å²) in [5.74, 6) is 0.803. The van der Waals surface area contributed by atoms with Crippen LogP contribution in [-0.4, -0.2) is 9.59 Å². The van der Waals surface area contributed by atoms with Crippen molar-refractivity contribution in [2.75, 3.05) is 0 Å². The number of halogens is 1. The zero-order valence-corrected chi connectivity index (χ0v) is 10.9. The summed E-state index contributed by atoms with van der Waals surface area (Å²) in [7, 11) is 0. The van der Waals surface area contributed by atoms with Gasteiger partial charge < -0.3 is 4.74 Å². The largest absolute Gasteiger partial charge is 0.487 e. The Morgan fingerprint density at radius 3 is 2.72 bits per heavy atom. The minimum atomic E-state index is 0.341. The maximum Gasteiger partial charge on any atom is 0.141 e. The van der Waals surface area contributed by atoms with Crippen LogP contribution in [0.15, 0.2) is 42.5 Å². The van der Waals surface area contributed by atoms with Crippen LogP contribution in [-0.2, 0) is 6.61 Å².